The molecule has 0 aliphatic heterocycles. The SMILES string of the molecule is CC[C@@H](NC(=O)COC(=O)Cc1ccc(Cl)cc1Cl)c1ccc(C)cc1. The average Bonchev–Trinajstić information content (AvgIpc) is 2.61. The van der Waals surface area contributed by atoms with Crippen molar-refractivity contribution in [3.8, 4) is 0 Å². The molecular formula is C20H21Cl2NO3. The van der Waals surface area contributed by atoms with E-state index in [0.717, 1.165) is 17.5 Å². The Labute approximate surface area is 163 Å². The van der Waals surface area contributed by atoms with Crippen LogP contribution in [0.3, 0.4) is 0 Å². The number of carbonyl (C=O) groups excluding carboxylic acids is 2. The number of halogens is 2. The summed E-state index contributed by atoms with van der Waals surface area (Å²) in [6, 6.07) is 12.7. The first-order valence-corrected chi connectivity index (χ1v) is 9.10. The molecule has 138 valence electrons. The monoisotopic (exact) mass is 393 g/mol. The highest BCUT2D eigenvalue weighted by Crippen LogP contribution is 2.21. The maximum atomic E-state index is 12.1. The lowest BCUT2D eigenvalue weighted by Gasteiger charge is -2.17. The van der Waals surface area contributed by atoms with Crippen LogP contribution in [0.1, 0.15) is 36.1 Å². The predicted octanol–water partition coefficient (Wildman–Crippen LogP) is 4.66. The van der Waals surface area contributed by atoms with Gasteiger partial charge in [0.1, 0.15) is 0 Å². The van der Waals surface area contributed by atoms with Crippen molar-refractivity contribution in [2.24, 2.45) is 0 Å². The summed E-state index contributed by atoms with van der Waals surface area (Å²) in [5.74, 6) is -0.860. The van der Waals surface area contributed by atoms with E-state index in [2.05, 4.69) is 5.32 Å². The number of hydrogen-bond acceptors (Lipinski definition) is 3. The van der Waals surface area contributed by atoms with Crippen molar-refractivity contribution in [1.82, 2.24) is 5.32 Å². The molecule has 1 N–H and O–H groups in total. The Hall–Kier alpha value is -2.04. The van der Waals surface area contributed by atoms with Crippen LogP contribution >= 0.6 is 23.2 Å². The minimum Gasteiger partial charge on any atom is -0.455 e. The number of hydrogen-bond donors (Lipinski definition) is 1. The Morgan fingerprint density at radius 1 is 1.12 bits per heavy atom. The molecule has 0 saturated carbocycles. The van der Waals surface area contributed by atoms with Crippen LogP contribution in [-0.2, 0) is 20.7 Å². The largest absolute Gasteiger partial charge is 0.455 e. The van der Waals surface area contributed by atoms with Gasteiger partial charge in [-0.3, -0.25) is 9.59 Å². The van der Waals surface area contributed by atoms with Gasteiger partial charge < -0.3 is 10.1 Å². The summed E-state index contributed by atoms with van der Waals surface area (Å²) in [7, 11) is 0. The first-order chi connectivity index (χ1) is 12.4. The summed E-state index contributed by atoms with van der Waals surface area (Å²) in [6.07, 6.45) is 0.724. The zero-order valence-corrected chi connectivity index (χ0v) is 16.2. The molecule has 0 radical (unpaired) electrons. The van der Waals surface area contributed by atoms with E-state index in [1.807, 2.05) is 38.1 Å². The number of nitrogens with one attached hydrogen (secondary N) is 1. The van der Waals surface area contributed by atoms with E-state index in [0.29, 0.717) is 15.6 Å². The van der Waals surface area contributed by atoms with Crippen LogP contribution in [0.25, 0.3) is 0 Å². The van der Waals surface area contributed by atoms with Crippen LogP contribution in [0, 0.1) is 6.92 Å². The molecule has 26 heavy (non-hydrogen) atoms. The summed E-state index contributed by atoms with van der Waals surface area (Å²) < 4.78 is 5.05. The van der Waals surface area contributed by atoms with Crippen LogP contribution in [0.2, 0.25) is 10.0 Å². The van der Waals surface area contributed by atoms with E-state index >= 15 is 0 Å². The van der Waals surface area contributed by atoms with Gasteiger partial charge in [0.25, 0.3) is 5.91 Å². The quantitative estimate of drug-likeness (QED) is 0.696. The fraction of sp³-hybridized carbons (Fsp3) is 0.300. The first kappa shape index (κ1) is 20.3. The van der Waals surface area contributed by atoms with Crippen LogP contribution < -0.4 is 5.32 Å². The molecule has 0 unspecified atom stereocenters. The smallest absolute Gasteiger partial charge is 0.310 e. The minimum atomic E-state index is -0.521. The molecule has 0 heterocycles. The molecule has 0 fully saturated rings. The maximum Gasteiger partial charge on any atom is 0.310 e. The molecule has 1 amide bonds. The van der Waals surface area contributed by atoms with Gasteiger partial charge in [0.2, 0.25) is 0 Å². The fourth-order valence-corrected chi connectivity index (χ4v) is 2.95. The predicted molar refractivity (Wildman–Crippen MR) is 103 cm³/mol. The molecule has 6 heteroatoms. The lowest BCUT2D eigenvalue weighted by molar-refractivity contribution is -0.148. The van der Waals surface area contributed by atoms with E-state index in [1.54, 1.807) is 18.2 Å². The van der Waals surface area contributed by atoms with Gasteiger partial charge in [-0.25, -0.2) is 0 Å². The van der Waals surface area contributed by atoms with Crippen molar-refractivity contribution in [3.05, 3.63) is 69.2 Å². The van der Waals surface area contributed by atoms with E-state index in [-0.39, 0.29) is 25.0 Å². The number of ether oxygens (including phenoxy) is 1. The second kappa shape index (κ2) is 9.60. The second-order valence-corrected chi connectivity index (χ2v) is 6.86. The Morgan fingerprint density at radius 3 is 2.42 bits per heavy atom. The molecule has 0 spiro atoms. The summed E-state index contributed by atoms with van der Waals surface area (Å²) in [4.78, 5) is 24.0. The molecule has 0 saturated heterocycles. The lowest BCUT2D eigenvalue weighted by atomic mass is 10.0. The molecular weight excluding hydrogens is 373 g/mol. The summed E-state index contributed by atoms with van der Waals surface area (Å²) >= 11 is 11.9. The van der Waals surface area contributed by atoms with Crippen LogP contribution in [0.15, 0.2) is 42.5 Å². The minimum absolute atomic E-state index is 0.0154. The Kier molecular flexibility index (Phi) is 7.49. The van der Waals surface area contributed by atoms with Crippen molar-refractivity contribution in [1.29, 1.82) is 0 Å². The number of carbonyl (C=O) groups is 2. The molecule has 0 aromatic heterocycles. The number of esters is 1. The molecule has 2 rings (SSSR count). The van der Waals surface area contributed by atoms with Crippen LogP contribution in [-0.4, -0.2) is 18.5 Å². The van der Waals surface area contributed by atoms with Crippen molar-refractivity contribution in [3.63, 3.8) is 0 Å². The number of aryl methyl sites for hydroxylation is 1. The van der Waals surface area contributed by atoms with Crippen molar-refractivity contribution < 1.29 is 14.3 Å². The van der Waals surface area contributed by atoms with Gasteiger partial charge >= 0.3 is 5.97 Å². The summed E-state index contributed by atoms with van der Waals surface area (Å²) in [6.45, 7) is 3.67. The Morgan fingerprint density at radius 2 is 1.81 bits per heavy atom. The number of amides is 1. The van der Waals surface area contributed by atoms with Gasteiger partial charge in [-0.1, -0.05) is 66.0 Å². The first-order valence-electron chi connectivity index (χ1n) is 8.34. The zero-order valence-electron chi connectivity index (χ0n) is 14.7. The zero-order chi connectivity index (χ0) is 19.1. The van der Waals surface area contributed by atoms with E-state index < -0.39 is 5.97 Å². The van der Waals surface area contributed by atoms with E-state index in [1.165, 1.54) is 0 Å². The van der Waals surface area contributed by atoms with Crippen LogP contribution in [0.4, 0.5) is 0 Å². The highest BCUT2D eigenvalue weighted by Gasteiger charge is 2.15. The molecule has 1 atom stereocenters. The van der Waals surface area contributed by atoms with E-state index in [4.69, 9.17) is 27.9 Å². The van der Waals surface area contributed by atoms with Gasteiger partial charge in [0.05, 0.1) is 12.5 Å². The maximum absolute atomic E-state index is 12.1. The Bertz CT molecular complexity index is 775. The normalized spacial score (nSPS) is 11.7. The molecule has 0 bridgehead atoms. The molecule has 0 aliphatic carbocycles. The highest BCUT2D eigenvalue weighted by atomic mass is 35.5. The van der Waals surface area contributed by atoms with Crippen LogP contribution in [0.5, 0.6) is 0 Å². The molecule has 4 nitrogen and oxygen atoms in total. The summed E-state index contributed by atoms with van der Waals surface area (Å²) in [5, 5.41) is 3.77. The van der Waals surface area contributed by atoms with Crippen molar-refractivity contribution in [2.45, 2.75) is 32.7 Å². The third-order valence-electron chi connectivity index (χ3n) is 3.94. The third kappa shape index (κ3) is 6.04. The summed E-state index contributed by atoms with van der Waals surface area (Å²) in [5.41, 5.74) is 2.78. The highest BCUT2D eigenvalue weighted by molar-refractivity contribution is 6.35. The van der Waals surface area contributed by atoms with E-state index in [9.17, 15) is 9.59 Å². The van der Waals surface area contributed by atoms with Gasteiger partial charge in [-0.2, -0.15) is 0 Å². The Balaban J connectivity index is 1.85. The standard InChI is InChI=1S/C20H21Cl2NO3/c1-3-18(14-6-4-13(2)5-7-14)23-19(24)12-26-20(25)10-15-8-9-16(21)11-17(15)22/h4-9,11,18H,3,10,12H2,1-2H3,(H,23,24)/t18-/m1/s1. The molecule has 2 aromatic rings. The van der Waals surface area contributed by atoms with Crippen molar-refractivity contribution in [2.75, 3.05) is 6.61 Å². The van der Waals surface area contributed by atoms with Crippen molar-refractivity contribution >= 4 is 35.1 Å². The van der Waals surface area contributed by atoms with Gasteiger partial charge in [0, 0.05) is 10.0 Å². The van der Waals surface area contributed by atoms with Gasteiger partial charge in [-0.15, -0.1) is 0 Å². The fourth-order valence-electron chi connectivity index (χ4n) is 2.47. The molecule has 0 aliphatic rings. The third-order valence-corrected chi connectivity index (χ3v) is 4.52. The average molecular weight is 394 g/mol. The van der Waals surface area contributed by atoms with Gasteiger partial charge in [-0.05, 0) is 36.6 Å². The number of rotatable bonds is 7. The lowest BCUT2D eigenvalue weighted by Crippen LogP contribution is -2.32. The second-order valence-electron chi connectivity index (χ2n) is 6.01. The van der Waals surface area contributed by atoms with Gasteiger partial charge in [0.15, 0.2) is 6.61 Å². The number of benzene rings is 2. The molecule has 2 aromatic carbocycles. The topological polar surface area (TPSA) is 55.4 Å².